The van der Waals surface area contributed by atoms with Crippen LogP contribution in [0.15, 0.2) is 24.3 Å². The van der Waals surface area contributed by atoms with E-state index in [0.717, 1.165) is 0 Å². The van der Waals surface area contributed by atoms with Gasteiger partial charge in [-0.1, -0.05) is 13.2 Å². The van der Waals surface area contributed by atoms with E-state index in [9.17, 15) is 14.4 Å². The third-order valence-corrected chi connectivity index (χ3v) is 1.19. The van der Waals surface area contributed by atoms with E-state index >= 15 is 0 Å². The number of hydrogen-bond donors (Lipinski definition) is 0. The minimum absolute atomic E-state index is 0.202. The predicted molar refractivity (Wildman–Crippen MR) is 46.0 cm³/mol. The first-order valence-electron chi connectivity index (χ1n) is 3.50. The minimum atomic E-state index is -0.889. The first-order valence-corrected chi connectivity index (χ1v) is 3.50. The van der Waals surface area contributed by atoms with Gasteiger partial charge in [0.1, 0.15) is 12.2 Å². The number of rotatable bonds is 5. The smallest absolute Gasteiger partial charge is 0.341 e. The van der Waals surface area contributed by atoms with Crippen LogP contribution in [0.3, 0.4) is 0 Å². The van der Waals surface area contributed by atoms with Gasteiger partial charge in [-0.05, 0) is 12.5 Å². The van der Waals surface area contributed by atoms with Crippen LogP contribution in [0.2, 0.25) is 0 Å². The molecule has 0 aromatic heterocycles. The fraction of sp³-hybridized carbons (Fsp3) is 0.222. The highest BCUT2D eigenvalue weighted by Gasteiger charge is 2.16. The lowest BCUT2D eigenvalue weighted by molar-refractivity contribution is -0.142. The summed E-state index contributed by atoms with van der Waals surface area (Å²) in [6, 6.07) is 0. The standard InChI is InChI=1S/C9H10O4/c1-6(2)8(11)7(3)9(12)13-5-4-10/h4H,1,3,5H2,2H3. The van der Waals surface area contributed by atoms with Crippen LogP contribution < -0.4 is 0 Å². The molecule has 0 aromatic carbocycles. The van der Waals surface area contributed by atoms with Gasteiger partial charge in [-0.25, -0.2) is 4.79 Å². The highest BCUT2D eigenvalue weighted by Crippen LogP contribution is 2.03. The Kier molecular flexibility index (Phi) is 4.37. The maximum atomic E-state index is 11.1. The Morgan fingerprint density at radius 3 is 2.31 bits per heavy atom. The molecule has 0 heterocycles. The SMILES string of the molecule is C=C(C)C(=O)C(=C)C(=O)OCC=O. The molecular formula is C9H10O4. The third-order valence-electron chi connectivity index (χ3n) is 1.19. The molecule has 0 aliphatic heterocycles. The van der Waals surface area contributed by atoms with Crippen molar-refractivity contribution in [3.8, 4) is 0 Å². The van der Waals surface area contributed by atoms with Crippen molar-refractivity contribution in [2.45, 2.75) is 6.92 Å². The molecule has 0 fully saturated rings. The molecule has 0 aromatic rings. The zero-order valence-electron chi connectivity index (χ0n) is 7.33. The molecule has 0 unspecified atom stereocenters. The van der Waals surface area contributed by atoms with Gasteiger partial charge in [0.05, 0.1) is 0 Å². The highest BCUT2D eigenvalue weighted by molar-refractivity contribution is 6.23. The number of hydrogen-bond acceptors (Lipinski definition) is 4. The summed E-state index contributed by atoms with van der Waals surface area (Å²) in [7, 11) is 0. The van der Waals surface area contributed by atoms with E-state index in [1.807, 2.05) is 0 Å². The number of ether oxygens (including phenoxy) is 1. The van der Waals surface area contributed by atoms with Crippen molar-refractivity contribution >= 4 is 18.0 Å². The Morgan fingerprint density at radius 2 is 1.92 bits per heavy atom. The van der Waals surface area contributed by atoms with Crippen LogP contribution >= 0.6 is 0 Å². The van der Waals surface area contributed by atoms with Crippen molar-refractivity contribution in [3.63, 3.8) is 0 Å². The molecule has 0 rings (SSSR count). The summed E-state index contributed by atoms with van der Waals surface area (Å²) in [6.45, 7) is 7.66. The van der Waals surface area contributed by atoms with Crippen LogP contribution in [-0.2, 0) is 19.1 Å². The van der Waals surface area contributed by atoms with E-state index in [1.165, 1.54) is 6.92 Å². The number of esters is 1. The summed E-state index contributed by atoms with van der Waals surface area (Å²) in [6.07, 6.45) is 0.413. The van der Waals surface area contributed by atoms with Crippen molar-refractivity contribution in [1.29, 1.82) is 0 Å². The van der Waals surface area contributed by atoms with E-state index < -0.39 is 11.8 Å². The minimum Gasteiger partial charge on any atom is -0.454 e. The number of aldehydes is 1. The first-order chi connectivity index (χ1) is 6.00. The molecule has 0 saturated heterocycles. The number of carbonyl (C=O) groups is 3. The van der Waals surface area contributed by atoms with Gasteiger partial charge in [-0.2, -0.15) is 0 Å². The Morgan fingerprint density at radius 1 is 1.38 bits per heavy atom. The number of allylic oxidation sites excluding steroid dienone is 1. The maximum Gasteiger partial charge on any atom is 0.341 e. The van der Waals surface area contributed by atoms with E-state index in [-0.39, 0.29) is 17.8 Å². The molecule has 70 valence electrons. The van der Waals surface area contributed by atoms with Crippen LogP contribution in [0.4, 0.5) is 0 Å². The third kappa shape index (κ3) is 3.46. The Bertz CT molecular complexity index is 275. The second-order valence-corrected chi connectivity index (χ2v) is 2.35. The molecule has 0 amide bonds. The van der Waals surface area contributed by atoms with E-state index in [1.54, 1.807) is 0 Å². The van der Waals surface area contributed by atoms with Crippen molar-refractivity contribution in [1.82, 2.24) is 0 Å². The topological polar surface area (TPSA) is 60.4 Å². The summed E-state index contributed by atoms with van der Waals surface area (Å²) in [5, 5.41) is 0. The fourth-order valence-corrected chi connectivity index (χ4v) is 0.547. The molecule has 0 saturated carbocycles. The second kappa shape index (κ2) is 5.03. The number of carbonyl (C=O) groups excluding carboxylic acids is 3. The van der Waals surface area contributed by atoms with E-state index in [4.69, 9.17) is 0 Å². The molecule has 0 spiro atoms. The Hall–Kier alpha value is -1.71. The largest absolute Gasteiger partial charge is 0.454 e. The molecule has 0 bridgehead atoms. The number of Topliss-reactive ketones (excluding diaryl/α,β-unsaturated/α-hetero) is 1. The summed E-state index contributed by atoms with van der Waals surface area (Å²) in [5.41, 5.74) is -0.109. The molecule has 13 heavy (non-hydrogen) atoms. The van der Waals surface area contributed by atoms with Crippen LogP contribution in [0.1, 0.15) is 6.92 Å². The monoisotopic (exact) mass is 182 g/mol. The van der Waals surface area contributed by atoms with Crippen LogP contribution in [0.5, 0.6) is 0 Å². The van der Waals surface area contributed by atoms with E-state index in [0.29, 0.717) is 6.29 Å². The summed E-state index contributed by atoms with van der Waals surface area (Å²) in [5.74, 6) is -1.45. The maximum absolute atomic E-state index is 11.1. The average Bonchev–Trinajstić information content (AvgIpc) is 2.11. The van der Waals surface area contributed by atoms with Gasteiger partial charge in [0.15, 0.2) is 12.1 Å². The van der Waals surface area contributed by atoms with Gasteiger partial charge in [-0.3, -0.25) is 9.59 Å². The van der Waals surface area contributed by atoms with Gasteiger partial charge >= 0.3 is 5.97 Å². The molecular weight excluding hydrogens is 172 g/mol. The van der Waals surface area contributed by atoms with Crippen molar-refractivity contribution in [2.24, 2.45) is 0 Å². The zero-order valence-corrected chi connectivity index (χ0v) is 7.33. The molecule has 4 nitrogen and oxygen atoms in total. The van der Waals surface area contributed by atoms with Crippen molar-refractivity contribution in [3.05, 3.63) is 24.3 Å². The Balaban J connectivity index is 4.26. The summed E-state index contributed by atoms with van der Waals surface area (Å²) < 4.78 is 4.36. The van der Waals surface area contributed by atoms with Gasteiger partial charge in [0.2, 0.25) is 0 Å². The van der Waals surface area contributed by atoms with Crippen molar-refractivity contribution < 1.29 is 19.1 Å². The lowest BCUT2D eigenvalue weighted by Gasteiger charge is -2.02. The Labute approximate surface area is 75.9 Å². The van der Waals surface area contributed by atoms with E-state index in [2.05, 4.69) is 17.9 Å². The van der Waals surface area contributed by atoms with Crippen LogP contribution in [0.25, 0.3) is 0 Å². The van der Waals surface area contributed by atoms with Crippen LogP contribution in [-0.4, -0.2) is 24.6 Å². The van der Waals surface area contributed by atoms with Gasteiger partial charge in [0, 0.05) is 0 Å². The molecule has 0 N–H and O–H groups in total. The average molecular weight is 182 g/mol. The van der Waals surface area contributed by atoms with Gasteiger partial charge in [-0.15, -0.1) is 0 Å². The molecule has 0 aliphatic rings. The first kappa shape index (κ1) is 11.3. The zero-order chi connectivity index (χ0) is 10.4. The van der Waals surface area contributed by atoms with Gasteiger partial charge in [0.25, 0.3) is 0 Å². The predicted octanol–water partition coefficient (Wildman–Crippen LogP) is 0.430. The lowest BCUT2D eigenvalue weighted by Crippen LogP contribution is -2.16. The van der Waals surface area contributed by atoms with Gasteiger partial charge < -0.3 is 4.74 Å². The lowest BCUT2D eigenvalue weighted by atomic mass is 10.1. The summed E-state index contributed by atoms with van der Waals surface area (Å²) in [4.78, 5) is 31.8. The molecule has 0 atom stereocenters. The quantitative estimate of drug-likeness (QED) is 0.203. The molecule has 0 radical (unpaired) electrons. The fourth-order valence-electron chi connectivity index (χ4n) is 0.547. The van der Waals surface area contributed by atoms with Crippen molar-refractivity contribution in [2.75, 3.05) is 6.61 Å². The number of ketones is 1. The van der Waals surface area contributed by atoms with Crippen LogP contribution in [0, 0.1) is 0 Å². The second-order valence-electron chi connectivity index (χ2n) is 2.35. The summed E-state index contributed by atoms with van der Waals surface area (Å²) >= 11 is 0. The molecule has 4 heteroatoms. The highest BCUT2D eigenvalue weighted by atomic mass is 16.5. The molecule has 0 aliphatic carbocycles. The normalized spacial score (nSPS) is 8.69.